The van der Waals surface area contributed by atoms with E-state index < -0.39 is 5.97 Å². The molecule has 6 nitrogen and oxygen atoms in total. The summed E-state index contributed by atoms with van der Waals surface area (Å²) in [5.41, 5.74) is 0.869. The lowest BCUT2D eigenvalue weighted by molar-refractivity contribution is 0.0596. The maximum Gasteiger partial charge on any atom is 0.357 e. The Labute approximate surface area is 84.5 Å². The van der Waals surface area contributed by atoms with Crippen LogP contribution in [0.25, 0.3) is 11.0 Å². The zero-order valence-corrected chi connectivity index (χ0v) is 7.81. The lowest BCUT2D eigenvalue weighted by atomic mass is 10.2. The second-order valence-corrected chi connectivity index (χ2v) is 2.75. The first-order valence-corrected chi connectivity index (χ1v) is 4.08. The van der Waals surface area contributed by atoms with E-state index in [1.165, 1.54) is 19.6 Å². The molecule has 6 heteroatoms. The standard InChI is InChI=1S/C9H6N4O2/c1-15-9(14)7-6-5(2-10)3-11-8(6)13-4-12-7/h3-4H,1H3,(H,11,12,13). The minimum atomic E-state index is -0.585. The first-order valence-electron chi connectivity index (χ1n) is 4.08. The van der Waals surface area contributed by atoms with Gasteiger partial charge in [0.2, 0.25) is 0 Å². The number of H-pyrrole nitrogens is 1. The molecule has 0 radical (unpaired) electrons. The summed E-state index contributed by atoms with van der Waals surface area (Å²) < 4.78 is 4.56. The van der Waals surface area contributed by atoms with E-state index in [9.17, 15) is 4.79 Å². The third-order valence-electron chi connectivity index (χ3n) is 1.97. The largest absolute Gasteiger partial charge is 0.464 e. The van der Waals surface area contributed by atoms with Crippen molar-refractivity contribution in [1.29, 1.82) is 5.26 Å². The average molecular weight is 202 g/mol. The van der Waals surface area contributed by atoms with E-state index in [0.29, 0.717) is 16.6 Å². The molecule has 0 amide bonds. The Morgan fingerprint density at radius 1 is 1.60 bits per heavy atom. The van der Waals surface area contributed by atoms with Crippen LogP contribution in [0.2, 0.25) is 0 Å². The van der Waals surface area contributed by atoms with Crippen molar-refractivity contribution in [3.05, 3.63) is 23.8 Å². The summed E-state index contributed by atoms with van der Waals surface area (Å²) in [6.07, 6.45) is 2.72. The first kappa shape index (κ1) is 9.15. The third-order valence-corrected chi connectivity index (χ3v) is 1.97. The minimum Gasteiger partial charge on any atom is -0.464 e. The molecule has 0 spiro atoms. The lowest BCUT2D eigenvalue weighted by Crippen LogP contribution is -2.05. The van der Waals surface area contributed by atoms with Crippen LogP contribution < -0.4 is 0 Å². The van der Waals surface area contributed by atoms with Crippen LogP contribution >= 0.6 is 0 Å². The summed E-state index contributed by atoms with van der Waals surface area (Å²) in [5, 5.41) is 9.22. The van der Waals surface area contributed by atoms with Gasteiger partial charge in [-0.25, -0.2) is 14.8 Å². The van der Waals surface area contributed by atoms with Crippen LogP contribution in [0.5, 0.6) is 0 Å². The van der Waals surface area contributed by atoms with Gasteiger partial charge in [-0.15, -0.1) is 0 Å². The molecule has 0 atom stereocenters. The van der Waals surface area contributed by atoms with Gasteiger partial charge < -0.3 is 9.72 Å². The molecule has 74 valence electrons. The van der Waals surface area contributed by atoms with Crippen molar-refractivity contribution in [2.24, 2.45) is 0 Å². The molecule has 2 heterocycles. The van der Waals surface area contributed by atoms with Crippen LogP contribution in [0.15, 0.2) is 12.5 Å². The number of carbonyl (C=O) groups is 1. The summed E-state index contributed by atoms with van der Waals surface area (Å²) >= 11 is 0. The highest BCUT2D eigenvalue weighted by molar-refractivity contribution is 6.02. The maximum absolute atomic E-state index is 11.4. The number of esters is 1. The van der Waals surface area contributed by atoms with Crippen LogP contribution in [0, 0.1) is 11.3 Å². The first-order chi connectivity index (χ1) is 7.27. The predicted octanol–water partition coefficient (Wildman–Crippen LogP) is 0.616. The van der Waals surface area contributed by atoms with Crippen LogP contribution in [-0.4, -0.2) is 28.0 Å². The van der Waals surface area contributed by atoms with Crippen LogP contribution in [0.1, 0.15) is 16.1 Å². The fourth-order valence-corrected chi connectivity index (χ4v) is 1.30. The molecule has 0 unspecified atom stereocenters. The molecular weight excluding hydrogens is 196 g/mol. The molecule has 0 aliphatic carbocycles. The van der Waals surface area contributed by atoms with E-state index in [4.69, 9.17) is 5.26 Å². The maximum atomic E-state index is 11.4. The zero-order chi connectivity index (χ0) is 10.8. The lowest BCUT2D eigenvalue weighted by Gasteiger charge is -1.98. The summed E-state index contributed by atoms with van der Waals surface area (Å²) in [6, 6.07) is 1.95. The quantitative estimate of drug-likeness (QED) is 0.684. The van der Waals surface area contributed by atoms with Crippen molar-refractivity contribution >= 4 is 17.0 Å². The Morgan fingerprint density at radius 3 is 3.07 bits per heavy atom. The smallest absolute Gasteiger partial charge is 0.357 e. The summed E-state index contributed by atoms with van der Waals surface area (Å²) in [5.74, 6) is -0.585. The van der Waals surface area contributed by atoms with Gasteiger partial charge >= 0.3 is 5.97 Å². The van der Waals surface area contributed by atoms with E-state index in [0.717, 1.165) is 0 Å². The van der Waals surface area contributed by atoms with E-state index in [-0.39, 0.29) is 5.69 Å². The van der Waals surface area contributed by atoms with Crippen molar-refractivity contribution in [2.45, 2.75) is 0 Å². The van der Waals surface area contributed by atoms with Crippen LogP contribution in [0.3, 0.4) is 0 Å². The number of rotatable bonds is 1. The normalized spacial score (nSPS) is 9.87. The molecule has 0 fully saturated rings. The van der Waals surface area contributed by atoms with E-state index in [1.807, 2.05) is 6.07 Å². The molecule has 0 saturated carbocycles. The number of methoxy groups -OCH3 is 1. The molecule has 0 saturated heterocycles. The third kappa shape index (κ3) is 1.30. The molecule has 0 aromatic carbocycles. The van der Waals surface area contributed by atoms with Crippen LogP contribution in [-0.2, 0) is 4.74 Å². The Hall–Kier alpha value is -2.42. The van der Waals surface area contributed by atoms with Crippen molar-refractivity contribution in [3.63, 3.8) is 0 Å². The van der Waals surface area contributed by atoms with Crippen LogP contribution in [0.4, 0.5) is 0 Å². The van der Waals surface area contributed by atoms with Gasteiger partial charge in [-0.1, -0.05) is 0 Å². The van der Waals surface area contributed by atoms with E-state index >= 15 is 0 Å². The molecule has 0 aliphatic rings. The fourth-order valence-electron chi connectivity index (χ4n) is 1.30. The van der Waals surface area contributed by atoms with Gasteiger partial charge in [-0.05, 0) is 0 Å². The number of aromatic nitrogens is 3. The number of fused-ring (bicyclic) bond motifs is 1. The number of hydrogen-bond acceptors (Lipinski definition) is 5. The highest BCUT2D eigenvalue weighted by atomic mass is 16.5. The van der Waals surface area contributed by atoms with Gasteiger partial charge in [0.05, 0.1) is 18.1 Å². The second kappa shape index (κ2) is 3.38. The number of aromatic amines is 1. The number of nitriles is 1. The molecule has 2 rings (SSSR count). The number of carbonyl (C=O) groups excluding carboxylic acids is 1. The monoisotopic (exact) mass is 202 g/mol. The van der Waals surface area contributed by atoms with Crippen molar-refractivity contribution < 1.29 is 9.53 Å². The number of ether oxygens (including phenoxy) is 1. The number of nitrogens with zero attached hydrogens (tertiary/aromatic N) is 3. The molecule has 0 aliphatic heterocycles. The Kier molecular flexibility index (Phi) is 2.06. The zero-order valence-electron chi connectivity index (χ0n) is 7.81. The molecule has 15 heavy (non-hydrogen) atoms. The topological polar surface area (TPSA) is 91.7 Å². The molecular formula is C9H6N4O2. The Bertz CT molecular complexity index is 567. The van der Waals surface area contributed by atoms with Crippen molar-refractivity contribution in [1.82, 2.24) is 15.0 Å². The van der Waals surface area contributed by atoms with Gasteiger partial charge in [-0.3, -0.25) is 0 Å². The SMILES string of the molecule is COC(=O)c1ncnc2[nH]cc(C#N)c12. The highest BCUT2D eigenvalue weighted by Crippen LogP contribution is 2.18. The van der Waals surface area contributed by atoms with Gasteiger partial charge in [0, 0.05) is 6.20 Å². The van der Waals surface area contributed by atoms with E-state index in [1.54, 1.807) is 0 Å². The summed E-state index contributed by atoms with van der Waals surface area (Å²) in [7, 11) is 1.26. The van der Waals surface area contributed by atoms with E-state index in [2.05, 4.69) is 19.7 Å². The predicted molar refractivity (Wildman–Crippen MR) is 49.9 cm³/mol. The molecule has 2 aromatic rings. The van der Waals surface area contributed by atoms with Crippen molar-refractivity contribution in [2.75, 3.05) is 7.11 Å². The molecule has 2 aromatic heterocycles. The summed E-state index contributed by atoms with van der Waals surface area (Å²) in [6.45, 7) is 0. The second-order valence-electron chi connectivity index (χ2n) is 2.75. The minimum absolute atomic E-state index is 0.0975. The van der Waals surface area contributed by atoms with Gasteiger partial charge in [-0.2, -0.15) is 5.26 Å². The Balaban J connectivity index is 2.79. The van der Waals surface area contributed by atoms with Gasteiger partial charge in [0.15, 0.2) is 5.69 Å². The Morgan fingerprint density at radius 2 is 2.40 bits per heavy atom. The van der Waals surface area contributed by atoms with Gasteiger partial charge in [0.1, 0.15) is 18.0 Å². The van der Waals surface area contributed by atoms with Crippen molar-refractivity contribution in [3.8, 4) is 6.07 Å². The molecule has 0 bridgehead atoms. The van der Waals surface area contributed by atoms with Gasteiger partial charge in [0.25, 0.3) is 0 Å². The average Bonchev–Trinajstić information content (AvgIpc) is 2.70. The highest BCUT2D eigenvalue weighted by Gasteiger charge is 2.16. The fraction of sp³-hybridized carbons (Fsp3) is 0.111. The molecule has 1 N–H and O–H groups in total. The number of hydrogen-bond donors (Lipinski definition) is 1. The number of nitrogens with one attached hydrogen (secondary N) is 1. The summed E-state index contributed by atoms with van der Waals surface area (Å²) in [4.78, 5) is 21.8.